The summed E-state index contributed by atoms with van der Waals surface area (Å²) in [5.41, 5.74) is 4.01. The van der Waals surface area contributed by atoms with Gasteiger partial charge in [-0.2, -0.15) is 5.10 Å². The summed E-state index contributed by atoms with van der Waals surface area (Å²) in [4.78, 5) is 16.4. The molecule has 0 aliphatic carbocycles. The lowest BCUT2D eigenvalue weighted by molar-refractivity contribution is -0.127. The summed E-state index contributed by atoms with van der Waals surface area (Å²) in [6.07, 6.45) is 2.52. The summed E-state index contributed by atoms with van der Waals surface area (Å²) in [6, 6.07) is 16.5. The molecule has 126 valence electrons. The Morgan fingerprint density at radius 3 is 2.76 bits per heavy atom. The third kappa shape index (κ3) is 4.33. The molecule has 6 heteroatoms. The van der Waals surface area contributed by atoms with E-state index >= 15 is 0 Å². The fourth-order valence-corrected chi connectivity index (χ4v) is 2.35. The van der Waals surface area contributed by atoms with Crippen LogP contribution in [0.15, 0.2) is 65.9 Å². The number of hydrazone groups is 1. The van der Waals surface area contributed by atoms with Crippen molar-refractivity contribution in [2.75, 3.05) is 0 Å². The van der Waals surface area contributed by atoms with E-state index in [1.807, 2.05) is 24.3 Å². The Bertz CT molecular complexity index is 905. The number of carbonyl (C=O) groups excluding carboxylic acids is 1. The van der Waals surface area contributed by atoms with Crippen LogP contribution in [-0.4, -0.2) is 23.2 Å². The fourth-order valence-electron chi connectivity index (χ4n) is 2.23. The van der Waals surface area contributed by atoms with Gasteiger partial charge in [-0.15, -0.1) is 0 Å². The van der Waals surface area contributed by atoms with Crippen LogP contribution in [0.1, 0.15) is 12.5 Å². The minimum absolute atomic E-state index is 0.349. The average Bonchev–Trinajstić information content (AvgIpc) is 2.63. The van der Waals surface area contributed by atoms with Gasteiger partial charge in [0.05, 0.1) is 6.21 Å². The van der Waals surface area contributed by atoms with E-state index in [0.717, 1.165) is 10.9 Å². The van der Waals surface area contributed by atoms with Crippen LogP contribution in [0.4, 0.5) is 0 Å². The zero-order valence-corrected chi connectivity index (χ0v) is 14.3. The van der Waals surface area contributed by atoms with Gasteiger partial charge in [-0.1, -0.05) is 41.9 Å². The summed E-state index contributed by atoms with van der Waals surface area (Å²) in [7, 11) is 0. The van der Waals surface area contributed by atoms with Crippen LogP contribution in [0.3, 0.4) is 0 Å². The minimum Gasteiger partial charge on any atom is -0.479 e. The Balaban J connectivity index is 1.63. The Hall–Kier alpha value is -2.92. The van der Waals surface area contributed by atoms with Crippen molar-refractivity contribution in [1.82, 2.24) is 10.4 Å². The number of benzene rings is 2. The molecule has 0 fully saturated rings. The van der Waals surface area contributed by atoms with Crippen molar-refractivity contribution in [2.45, 2.75) is 13.0 Å². The van der Waals surface area contributed by atoms with Gasteiger partial charge in [0.25, 0.3) is 5.91 Å². The molecule has 1 aromatic heterocycles. The summed E-state index contributed by atoms with van der Waals surface area (Å²) in [5.74, 6) is 0.209. The molecule has 1 amide bonds. The number of ether oxygens (including phenoxy) is 1. The van der Waals surface area contributed by atoms with Crippen molar-refractivity contribution in [2.24, 2.45) is 5.10 Å². The number of pyridine rings is 1. The predicted octanol–water partition coefficient (Wildman–Crippen LogP) is 3.81. The number of nitrogens with one attached hydrogen (secondary N) is 1. The molecular formula is C19H16ClN3O2. The van der Waals surface area contributed by atoms with Gasteiger partial charge >= 0.3 is 0 Å². The standard InChI is InChI=1S/C19H16ClN3O2/c1-13(19(24)23-22-12-14-7-9-16(20)10-8-14)25-17-6-2-4-15-5-3-11-21-18(15)17/h2-13H,1H3,(H,23,24)/b22-12-/t13-/m1/s1. The maximum Gasteiger partial charge on any atom is 0.280 e. The first kappa shape index (κ1) is 16.9. The second-order valence-corrected chi connectivity index (χ2v) is 5.81. The molecule has 3 rings (SSSR count). The van der Waals surface area contributed by atoms with Gasteiger partial charge in [0.2, 0.25) is 0 Å². The number of fused-ring (bicyclic) bond motifs is 1. The lowest BCUT2D eigenvalue weighted by Crippen LogP contribution is -2.33. The summed E-state index contributed by atoms with van der Waals surface area (Å²) >= 11 is 5.82. The summed E-state index contributed by atoms with van der Waals surface area (Å²) < 4.78 is 5.74. The normalized spacial score (nSPS) is 12.2. The first-order valence-corrected chi connectivity index (χ1v) is 8.10. The van der Waals surface area contributed by atoms with E-state index in [9.17, 15) is 4.79 Å². The van der Waals surface area contributed by atoms with Crippen molar-refractivity contribution in [1.29, 1.82) is 0 Å². The zero-order valence-electron chi connectivity index (χ0n) is 13.5. The van der Waals surface area contributed by atoms with Gasteiger partial charge in [-0.3, -0.25) is 9.78 Å². The molecule has 1 N–H and O–H groups in total. The number of halogens is 1. The molecule has 1 atom stereocenters. The number of aromatic nitrogens is 1. The van der Waals surface area contributed by atoms with E-state index in [1.165, 1.54) is 0 Å². The van der Waals surface area contributed by atoms with E-state index in [1.54, 1.807) is 49.7 Å². The molecule has 0 aliphatic heterocycles. The highest BCUT2D eigenvalue weighted by molar-refractivity contribution is 6.30. The second kappa shape index (κ2) is 7.77. The van der Waals surface area contributed by atoms with Gasteiger partial charge < -0.3 is 4.74 Å². The number of hydrogen-bond acceptors (Lipinski definition) is 4. The maximum atomic E-state index is 12.1. The van der Waals surface area contributed by atoms with Crippen LogP contribution in [0.5, 0.6) is 5.75 Å². The van der Waals surface area contributed by atoms with Crippen molar-refractivity contribution in [3.63, 3.8) is 0 Å². The molecule has 0 aliphatic rings. The monoisotopic (exact) mass is 353 g/mol. The Morgan fingerprint density at radius 2 is 1.96 bits per heavy atom. The van der Waals surface area contributed by atoms with Gasteiger partial charge in [0.1, 0.15) is 11.3 Å². The second-order valence-electron chi connectivity index (χ2n) is 5.38. The third-order valence-corrected chi connectivity index (χ3v) is 3.78. The highest BCUT2D eigenvalue weighted by Gasteiger charge is 2.15. The third-order valence-electron chi connectivity index (χ3n) is 3.53. The van der Waals surface area contributed by atoms with Crippen LogP contribution < -0.4 is 10.2 Å². The molecule has 0 saturated carbocycles. The molecule has 0 bridgehead atoms. The quantitative estimate of drug-likeness (QED) is 0.560. The van der Waals surface area contributed by atoms with Crippen LogP contribution in [0.2, 0.25) is 5.02 Å². The number of amides is 1. The Kier molecular flexibility index (Phi) is 5.26. The molecule has 0 radical (unpaired) electrons. The van der Waals surface area contributed by atoms with Crippen molar-refractivity contribution < 1.29 is 9.53 Å². The molecule has 2 aromatic carbocycles. The molecule has 0 saturated heterocycles. The topological polar surface area (TPSA) is 63.6 Å². The van der Waals surface area contributed by atoms with E-state index in [2.05, 4.69) is 15.5 Å². The lowest BCUT2D eigenvalue weighted by Gasteiger charge is -2.14. The molecule has 1 heterocycles. The van der Waals surface area contributed by atoms with Crippen LogP contribution >= 0.6 is 11.6 Å². The Morgan fingerprint density at radius 1 is 1.20 bits per heavy atom. The number of hydrogen-bond donors (Lipinski definition) is 1. The van der Waals surface area contributed by atoms with E-state index in [0.29, 0.717) is 16.3 Å². The van der Waals surface area contributed by atoms with E-state index in [4.69, 9.17) is 16.3 Å². The van der Waals surface area contributed by atoms with Crippen molar-refractivity contribution in [3.05, 3.63) is 71.4 Å². The first-order chi connectivity index (χ1) is 12.1. The SMILES string of the molecule is C[C@@H](Oc1cccc2cccnc12)C(=O)N/N=C\c1ccc(Cl)cc1. The number of nitrogens with zero attached hydrogens (tertiary/aromatic N) is 2. The molecule has 0 unspecified atom stereocenters. The van der Waals surface area contributed by atoms with Gasteiger partial charge in [0, 0.05) is 16.6 Å². The molecule has 25 heavy (non-hydrogen) atoms. The van der Waals surface area contributed by atoms with Crippen molar-refractivity contribution in [3.8, 4) is 5.75 Å². The largest absolute Gasteiger partial charge is 0.479 e. The van der Waals surface area contributed by atoms with Crippen LogP contribution in [-0.2, 0) is 4.79 Å². The van der Waals surface area contributed by atoms with Gasteiger partial charge in [-0.05, 0) is 36.8 Å². The number of carbonyl (C=O) groups is 1. The zero-order chi connectivity index (χ0) is 17.6. The highest BCUT2D eigenvalue weighted by Crippen LogP contribution is 2.23. The van der Waals surface area contributed by atoms with Crippen LogP contribution in [0, 0.1) is 0 Å². The molecule has 0 spiro atoms. The molecular weight excluding hydrogens is 338 g/mol. The maximum absolute atomic E-state index is 12.1. The number of para-hydroxylation sites is 1. The predicted molar refractivity (Wildman–Crippen MR) is 99.0 cm³/mol. The average molecular weight is 354 g/mol. The smallest absolute Gasteiger partial charge is 0.280 e. The number of rotatable bonds is 5. The summed E-state index contributed by atoms with van der Waals surface area (Å²) in [5, 5.41) is 5.53. The van der Waals surface area contributed by atoms with Crippen LogP contribution in [0.25, 0.3) is 10.9 Å². The van der Waals surface area contributed by atoms with E-state index in [-0.39, 0.29) is 5.91 Å². The highest BCUT2D eigenvalue weighted by atomic mass is 35.5. The Labute approximate surface area is 150 Å². The first-order valence-electron chi connectivity index (χ1n) is 7.72. The lowest BCUT2D eigenvalue weighted by atomic mass is 10.2. The molecule has 3 aromatic rings. The fraction of sp³-hybridized carbons (Fsp3) is 0.105. The van der Waals surface area contributed by atoms with Gasteiger partial charge in [0.15, 0.2) is 6.10 Å². The van der Waals surface area contributed by atoms with E-state index < -0.39 is 6.10 Å². The molecule has 5 nitrogen and oxygen atoms in total. The van der Waals surface area contributed by atoms with Crippen molar-refractivity contribution >= 4 is 34.6 Å². The van der Waals surface area contributed by atoms with Gasteiger partial charge in [-0.25, -0.2) is 5.43 Å². The minimum atomic E-state index is -0.713. The summed E-state index contributed by atoms with van der Waals surface area (Å²) in [6.45, 7) is 1.66.